The number of nitrogens with two attached hydrogens (primary N) is 1. The van der Waals surface area contributed by atoms with Crippen LogP contribution in [0.4, 0.5) is 4.79 Å². The summed E-state index contributed by atoms with van der Waals surface area (Å²) in [6, 6.07) is 5.55. The van der Waals surface area contributed by atoms with Crippen LogP contribution in [0.2, 0.25) is 0 Å². The molecule has 0 spiro atoms. The van der Waals surface area contributed by atoms with Crippen LogP contribution in [0.25, 0.3) is 11.0 Å². The highest BCUT2D eigenvalue weighted by atomic mass is 16.6. The van der Waals surface area contributed by atoms with E-state index in [1.165, 1.54) is 0 Å². The van der Waals surface area contributed by atoms with Crippen molar-refractivity contribution in [1.82, 2.24) is 4.90 Å². The Balaban J connectivity index is 1.75. The van der Waals surface area contributed by atoms with Gasteiger partial charge in [0.15, 0.2) is 0 Å². The van der Waals surface area contributed by atoms with Crippen LogP contribution < -0.4 is 5.73 Å². The second-order valence-corrected chi connectivity index (χ2v) is 7.47. The van der Waals surface area contributed by atoms with E-state index < -0.39 is 11.5 Å². The number of rotatable bonds is 2. The average Bonchev–Trinajstić information content (AvgIpc) is 3.01. The quantitative estimate of drug-likeness (QED) is 0.901. The number of carbonyl (C=O) groups excluding carboxylic acids is 2. The van der Waals surface area contributed by atoms with Gasteiger partial charge in [0.05, 0.1) is 11.8 Å². The fourth-order valence-corrected chi connectivity index (χ4v) is 3.33. The molecule has 2 amide bonds. The summed E-state index contributed by atoms with van der Waals surface area (Å²) >= 11 is 0. The highest BCUT2D eigenvalue weighted by Crippen LogP contribution is 2.35. The number of hydrogen-bond donors (Lipinski definition) is 1. The lowest BCUT2D eigenvalue weighted by atomic mass is 9.87. The summed E-state index contributed by atoms with van der Waals surface area (Å²) in [7, 11) is 0. The Morgan fingerprint density at radius 1 is 1.20 bits per heavy atom. The van der Waals surface area contributed by atoms with E-state index in [1.54, 1.807) is 17.2 Å². The first-order valence-electron chi connectivity index (χ1n) is 8.54. The van der Waals surface area contributed by atoms with Gasteiger partial charge in [0, 0.05) is 18.5 Å². The molecule has 1 aliphatic rings. The van der Waals surface area contributed by atoms with Gasteiger partial charge in [-0.05, 0) is 57.2 Å². The number of primary amides is 1. The van der Waals surface area contributed by atoms with Gasteiger partial charge in [-0.25, -0.2) is 4.79 Å². The second kappa shape index (κ2) is 6.43. The molecule has 0 aliphatic carbocycles. The maximum absolute atomic E-state index is 12.2. The van der Waals surface area contributed by atoms with E-state index in [4.69, 9.17) is 14.9 Å². The van der Waals surface area contributed by atoms with Gasteiger partial charge in [-0.15, -0.1) is 0 Å². The molecule has 0 saturated carbocycles. The van der Waals surface area contributed by atoms with Crippen LogP contribution in [0.5, 0.6) is 0 Å². The molecule has 1 aromatic carbocycles. The number of benzene rings is 1. The van der Waals surface area contributed by atoms with Crippen molar-refractivity contribution in [2.75, 3.05) is 13.1 Å². The van der Waals surface area contributed by atoms with Gasteiger partial charge in [0.1, 0.15) is 11.2 Å². The Morgan fingerprint density at radius 2 is 1.88 bits per heavy atom. The normalized spacial score (nSPS) is 16.2. The van der Waals surface area contributed by atoms with Gasteiger partial charge < -0.3 is 19.8 Å². The molecule has 6 heteroatoms. The van der Waals surface area contributed by atoms with Crippen LogP contribution in [0.15, 0.2) is 28.9 Å². The van der Waals surface area contributed by atoms with Gasteiger partial charge in [0.25, 0.3) is 5.91 Å². The van der Waals surface area contributed by atoms with Crippen molar-refractivity contribution in [3.05, 3.63) is 35.6 Å². The van der Waals surface area contributed by atoms with E-state index in [2.05, 4.69) is 0 Å². The number of hydrogen-bond acceptors (Lipinski definition) is 4. The summed E-state index contributed by atoms with van der Waals surface area (Å²) in [6.07, 6.45) is 3.00. The van der Waals surface area contributed by atoms with Crippen molar-refractivity contribution in [3.63, 3.8) is 0 Å². The molecule has 134 valence electrons. The van der Waals surface area contributed by atoms with E-state index >= 15 is 0 Å². The van der Waals surface area contributed by atoms with Crippen molar-refractivity contribution in [3.8, 4) is 0 Å². The van der Waals surface area contributed by atoms with Gasteiger partial charge in [-0.3, -0.25) is 4.79 Å². The number of furan rings is 1. The predicted molar refractivity (Wildman–Crippen MR) is 94.5 cm³/mol. The van der Waals surface area contributed by atoms with Crippen LogP contribution in [0, 0.1) is 0 Å². The van der Waals surface area contributed by atoms with E-state index in [0.717, 1.165) is 23.8 Å². The Bertz CT molecular complexity index is 795. The molecule has 1 saturated heterocycles. The minimum absolute atomic E-state index is 0.261. The molecule has 6 nitrogen and oxygen atoms in total. The summed E-state index contributed by atoms with van der Waals surface area (Å²) in [5.74, 6) is -0.188. The van der Waals surface area contributed by atoms with Crippen LogP contribution >= 0.6 is 0 Å². The van der Waals surface area contributed by atoms with Gasteiger partial charge >= 0.3 is 6.09 Å². The first-order chi connectivity index (χ1) is 11.8. The van der Waals surface area contributed by atoms with Crippen molar-refractivity contribution in [1.29, 1.82) is 0 Å². The van der Waals surface area contributed by atoms with Crippen LogP contribution in [-0.2, 0) is 4.74 Å². The molecular weight excluding hydrogens is 320 g/mol. The van der Waals surface area contributed by atoms with Gasteiger partial charge in [0.2, 0.25) is 0 Å². The number of fused-ring (bicyclic) bond motifs is 1. The topological polar surface area (TPSA) is 85.8 Å². The lowest BCUT2D eigenvalue weighted by Crippen LogP contribution is -2.41. The summed E-state index contributed by atoms with van der Waals surface area (Å²) < 4.78 is 10.9. The predicted octanol–water partition coefficient (Wildman–Crippen LogP) is 3.65. The van der Waals surface area contributed by atoms with E-state index in [9.17, 15) is 9.59 Å². The van der Waals surface area contributed by atoms with Crippen molar-refractivity contribution in [2.45, 2.75) is 45.1 Å². The Morgan fingerprint density at radius 3 is 2.48 bits per heavy atom. The van der Waals surface area contributed by atoms with Crippen LogP contribution in [0.3, 0.4) is 0 Å². The number of amides is 2. The molecule has 0 atom stereocenters. The number of nitrogens with zero attached hydrogens (tertiary/aromatic N) is 1. The van der Waals surface area contributed by atoms with Crippen molar-refractivity contribution in [2.24, 2.45) is 5.73 Å². The maximum atomic E-state index is 12.2. The molecule has 0 unspecified atom stereocenters. The summed E-state index contributed by atoms with van der Waals surface area (Å²) in [4.78, 5) is 25.5. The fraction of sp³-hybridized carbons (Fsp3) is 0.474. The lowest BCUT2D eigenvalue weighted by molar-refractivity contribution is 0.0205. The van der Waals surface area contributed by atoms with Gasteiger partial charge in [-0.1, -0.05) is 6.07 Å². The van der Waals surface area contributed by atoms with Crippen molar-refractivity contribution >= 4 is 23.0 Å². The number of ether oxygens (including phenoxy) is 1. The van der Waals surface area contributed by atoms with Crippen LogP contribution in [-0.4, -0.2) is 35.6 Å². The summed E-state index contributed by atoms with van der Waals surface area (Å²) in [5.41, 5.74) is 7.00. The SMILES string of the molecule is CC(C)(C)OC(=O)N1CCC(c2ccc(C(N)=O)c3occc23)CC1. The zero-order chi connectivity index (χ0) is 18.2. The molecule has 2 N–H and O–H groups in total. The molecule has 1 fully saturated rings. The highest BCUT2D eigenvalue weighted by molar-refractivity contribution is 6.05. The first-order valence-corrected chi connectivity index (χ1v) is 8.54. The first kappa shape index (κ1) is 17.3. The molecule has 1 aromatic heterocycles. The van der Waals surface area contributed by atoms with E-state index in [-0.39, 0.29) is 6.09 Å². The Labute approximate surface area is 146 Å². The smallest absolute Gasteiger partial charge is 0.410 e. The molecule has 3 rings (SSSR count). The highest BCUT2D eigenvalue weighted by Gasteiger charge is 2.28. The number of carbonyl (C=O) groups is 2. The molecule has 0 bridgehead atoms. The average molecular weight is 344 g/mol. The van der Waals surface area contributed by atoms with E-state index in [1.807, 2.05) is 32.9 Å². The minimum atomic E-state index is -0.494. The Kier molecular flexibility index (Phi) is 4.45. The summed E-state index contributed by atoms with van der Waals surface area (Å²) in [5, 5.41) is 0.923. The largest absolute Gasteiger partial charge is 0.463 e. The maximum Gasteiger partial charge on any atom is 0.410 e. The third kappa shape index (κ3) is 3.62. The standard InChI is InChI=1S/C19H24N2O4/c1-19(2,3)25-18(23)21-9-6-12(7-10-21)13-4-5-15(17(20)22)16-14(13)8-11-24-16/h4-5,8,11-12H,6-7,9-10H2,1-3H3,(H2,20,22). The third-order valence-corrected chi connectivity index (χ3v) is 4.50. The number of likely N-dealkylation sites (tertiary alicyclic amines) is 1. The monoisotopic (exact) mass is 344 g/mol. The third-order valence-electron chi connectivity index (χ3n) is 4.50. The zero-order valence-electron chi connectivity index (χ0n) is 14.9. The molecule has 0 radical (unpaired) electrons. The summed E-state index contributed by atoms with van der Waals surface area (Å²) in [6.45, 7) is 6.90. The molecule has 25 heavy (non-hydrogen) atoms. The zero-order valence-corrected chi connectivity index (χ0v) is 14.9. The lowest BCUT2D eigenvalue weighted by Gasteiger charge is -2.33. The number of piperidine rings is 1. The Hall–Kier alpha value is -2.50. The van der Waals surface area contributed by atoms with Crippen LogP contribution in [0.1, 0.15) is 55.5 Å². The van der Waals surface area contributed by atoms with Crippen molar-refractivity contribution < 1.29 is 18.7 Å². The molecule has 2 aromatic rings. The second-order valence-electron chi connectivity index (χ2n) is 7.47. The molecule has 1 aliphatic heterocycles. The van der Waals surface area contributed by atoms with Gasteiger partial charge in [-0.2, -0.15) is 0 Å². The molecule has 2 heterocycles. The minimum Gasteiger partial charge on any atom is -0.463 e. The molecular formula is C19H24N2O4. The fourth-order valence-electron chi connectivity index (χ4n) is 3.33. The van der Waals surface area contributed by atoms with E-state index in [0.29, 0.717) is 30.2 Å².